The normalized spacial score (nSPS) is 18.4. The topological polar surface area (TPSA) is 45.0 Å². The van der Waals surface area contributed by atoms with E-state index in [1.54, 1.807) is 0 Å². The average molecular weight is 182 g/mol. The monoisotopic (exact) mass is 182 g/mol. The molecule has 0 aliphatic carbocycles. The van der Waals surface area contributed by atoms with Gasteiger partial charge in [-0.3, -0.25) is 0 Å². The number of ether oxygens (including phenoxy) is 1. The molecule has 0 spiro atoms. The van der Waals surface area contributed by atoms with E-state index in [9.17, 15) is 0 Å². The summed E-state index contributed by atoms with van der Waals surface area (Å²) in [6.45, 7) is 3.00. The van der Waals surface area contributed by atoms with E-state index in [-0.39, 0.29) is 0 Å². The van der Waals surface area contributed by atoms with Crippen LogP contribution >= 0.6 is 0 Å². The van der Waals surface area contributed by atoms with E-state index in [4.69, 9.17) is 10.00 Å². The van der Waals surface area contributed by atoms with Crippen molar-refractivity contribution in [3.63, 3.8) is 0 Å². The summed E-state index contributed by atoms with van der Waals surface area (Å²) in [6, 6.07) is 2.14. The van der Waals surface area contributed by atoms with Crippen molar-refractivity contribution in [3.05, 3.63) is 0 Å². The van der Waals surface area contributed by atoms with Crippen molar-refractivity contribution in [2.45, 2.75) is 38.2 Å². The molecule has 0 saturated carbocycles. The van der Waals surface area contributed by atoms with Gasteiger partial charge in [0.2, 0.25) is 0 Å². The van der Waals surface area contributed by atoms with Gasteiger partial charge >= 0.3 is 0 Å². The smallest absolute Gasteiger partial charge is 0.0621 e. The second-order valence-corrected chi connectivity index (χ2v) is 3.44. The van der Waals surface area contributed by atoms with Gasteiger partial charge in [0.15, 0.2) is 0 Å². The molecule has 0 radical (unpaired) electrons. The number of hydrogen-bond donors (Lipinski definition) is 1. The third-order valence-corrected chi connectivity index (χ3v) is 2.32. The largest absolute Gasteiger partial charge is 0.378 e. The van der Waals surface area contributed by atoms with E-state index < -0.39 is 0 Å². The fourth-order valence-electron chi connectivity index (χ4n) is 1.52. The molecule has 1 aliphatic heterocycles. The van der Waals surface area contributed by atoms with Gasteiger partial charge in [-0.05, 0) is 38.8 Å². The van der Waals surface area contributed by atoms with Gasteiger partial charge in [-0.15, -0.1) is 0 Å². The van der Waals surface area contributed by atoms with Gasteiger partial charge in [0.25, 0.3) is 0 Å². The van der Waals surface area contributed by atoms with Crippen molar-refractivity contribution in [3.8, 4) is 6.07 Å². The molecule has 13 heavy (non-hydrogen) atoms. The molecular weight excluding hydrogens is 164 g/mol. The van der Waals surface area contributed by atoms with E-state index >= 15 is 0 Å². The zero-order valence-electron chi connectivity index (χ0n) is 8.09. The van der Waals surface area contributed by atoms with Crippen molar-refractivity contribution < 1.29 is 4.74 Å². The van der Waals surface area contributed by atoms with E-state index in [0.717, 1.165) is 45.4 Å². The zero-order chi connectivity index (χ0) is 9.36. The van der Waals surface area contributed by atoms with E-state index in [1.165, 1.54) is 0 Å². The first-order valence-corrected chi connectivity index (χ1v) is 5.13. The molecule has 3 heteroatoms. The Labute approximate surface area is 80.1 Å². The lowest BCUT2D eigenvalue weighted by atomic mass is 10.1. The highest BCUT2D eigenvalue weighted by molar-refractivity contribution is 4.69. The Morgan fingerprint density at radius 2 is 2.08 bits per heavy atom. The molecule has 0 unspecified atom stereocenters. The van der Waals surface area contributed by atoms with Gasteiger partial charge in [0, 0.05) is 13.0 Å². The van der Waals surface area contributed by atoms with Gasteiger partial charge in [-0.1, -0.05) is 0 Å². The summed E-state index contributed by atoms with van der Waals surface area (Å²) < 4.78 is 5.68. The molecule has 0 atom stereocenters. The first kappa shape index (κ1) is 10.5. The van der Waals surface area contributed by atoms with Crippen molar-refractivity contribution in [1.29, 1.82) is 5.26 Å². The molecule has 1 fully saturated rings. The quantitative estimate of drug-likeness (QED) is 0.654. The summed E-state index contributed by atoms with van der Waals surface area (Å²) in [6.07, 6.45) is 5.40. The van der Waals surface area contributed by atoms with Crippen LogP contribution in [0.5, 0.6) is 0 Å². The molecule has 0 aromatic heterocycles. The predicted molar refractivity (Wildman–Crippen MR) is 51.3 cm³/mol. The summed E-state index contributed by atoms with van der Waals surface area (Å²) in [5, 5.41) is 11.6. The van der Waals surface area contributed by atoms with Crippen LogP contribution < -0.4 is 5.32 Å². The molecule has 0 bridgehead atoms. The molecule has 3 nitrogen and oxygen atoms in total. The molecule has 1 heterocycles. The Balaban J connectivity index is 1.90. The van der Waals surface area contributed by atoms with Crippen LogP contribution in [0.1, 0.15) is 32.1 Å². The summed E-state index contributed by atoms with van der Waals surface area (Å²) in [4.78, 5) is 0. The lowest BCUT2D eigenvalue weighted by molar-refractivity contribution is 0.0311. The highest BCUT2D eigenvalue weighted by Crippen LogP contribution is 2.08. The number of unbranched alkanes of at least 4 members (excludes halogenated alkanes) is 2. The van der Waals surface area contributed by atoms with Gasteiger partial charge in [0.05, 0.1) is 12.2 Å². The van der Waals surface area contributed by atoms with Crippen molar-refractivity contribution in [1.82, 2.24) is 5.32 Å². The number of nitrogens with zero attached hydrogens (tertiary/aromatic N) is 1. The van der Waals surface area contributed by atoms with E-state index in [2.05, 4.69) is 11.4 Å². The Morgan fingerprint density at radius 1 is 1.31 bits per heavy atom. The van der Waals surface area contributed by atoms with E-state index in [0.29, 0.717) is 12.5 Å². The Bertz CT molecular complexity index is 159. The van der Waals surface area contributed by atoms with Gasteiger partial charge in [0.1, 0.15) is 0 Å². The first-order chi connectivity index (χ1) is 6.43. The lowest BCUT2D eigenvalue weighted by Gasteiger charge is -2.22. The molecule has 1 rings (SSSR count). The molecule has 1 N–H and O–H groups in total. The first-order valence-electron chi connectivity index (χ1n) is 5.13. The van der Waals surface area contributed by atoms with Crippen LogP contribution in [0.15, 0.2) is 0 Å². The summed E-state index contributed by atoms with van der Waals surface area (Å²) in [5.74, 6) is 0. The molecular formula is C10H18N2O. The number of nitrogens with one attached hydrogen (secondary N) is 1. The minimum Gasteiger partial charge on any atom is -0.378 e. The van der Waals surface area contributed by atoms with E-state index in [1.807, 2.05) is 0 Å². The summed E-state index contributed by atoms with van der Waals surface area (Å²) in [7, 11) is 0. The standard InChI is InChI=1S/C10H18N2O/c11-6-2-1-3-9-13-10-4-7-12-8-5-10/h10,12H,1-5,7-9H2. The number of piperidine rings is 1. The minimum atomic E-state index is 0.461. The van der Waals surface area contributed by atoms with Crippen molar-refractivity contribution >= 4 is 0 Å². The highest BCUT2D eigenvalue weighted by Gasteiger charge is 2.12. The van der Waals surface area contributed by atoms with Gasteiger partial charge < -0.3 is 10.1 Å². The zero-order valence-corrected chi connectivity index (χ0v) is 8.09. The fourth-order valence-corrected chi connectivity index (χ4v) is 1.52. The lowest BCUT2D eigenvalue weighted by Crippen LogP contribution is -2.32. The third kappa shape index (κ3) is 4.87. The summed E-state index contributed by atoms with van der Waals surface area (Å²) >= 11 is 0. The second kappa shape index (κ2) is 6.88. The van der Waals surface area contributed by atoms with Crippen LogP contribution in [0.4, 0.5) is 0 Å². The van der Waals surface area contributed by atoms with Crippen LogP contribution in [-0.4, -0.2) is 25.8 Å². The maximum atomic E-state index is 8.32. The average Bonchev–Trinajstić information content (AvgIpc) is 2.19. The molecule has 1 saturated heterocycles. The molecule has 1 aliphatic rings. The van der Waals surface area contributed by atoms with Crippen LogP contribution in [0, 0.1) is 11.3 Å². The molecule has 0 aromatic carbocycles. The van der Waals surface area contributed by atoms with Gasteiger partial charge in [-0.2, -0.15) is 5.26 Å². The molecule has 74 valence electrons. The molecule has 0 amide bonds. The Morgan fingerprint density at radius 3 is 2.77 bits per heavy atom. The SMILES string of the molecule is N#CCCCCOC1CCNCC1. The Kier molecular flexibility index (Phi) is 5.55. The van der Waals surface area contributed by atoms with Gasteiger partial charge in [-0.25, -0.2) is 0 Å². The predicted octanol–water partition coefficient (Wildman–Crippen LogP) is 1.45. The van der Waals surface area contributed by atoms with Crippen LogP contribution in [-0.2, 0) is 4.74 Å². The minimum absolute atomic E-state index is 0.461. The Hall–Kier alpha value is -0.590. The van der Waals surface area contributed by atoms with Crippen LogP contribution in [0.2, 0.25) is 0 Å². The maximum absolute atomic E-state index is 8.32. The highest BCUT2D eigenvalue weighted by atomic mass is 16.5. The number of hydrogen-bond acceptors (Lipinski definition) is 3. The second-order valence-electron chi connectivity index (χ2n) is 3.44. The van der Waals surface area contributed by atoms with Crippen LogP contribution in [0.25, 0.3) is 0 Å². The third-order valence-electron chi connectivity index (χ3n) is 2.32. The molecule has 0 aromatic rings. The van der Waals surface area contributed by atoms with Crippen molar-refractivity contribution in [2.24, 2.45) is 0 Å². The number of nitriles is 1. The number of rotatable bonds is 5. The summed E-state index contributed by atoms with van der Waals surface area (Å²) in [5.41, 5.74) is 0. The fraction of sp³-hybridized carbons (Fsp3) is 0.900. The van der Waals surface area contributed by atoms with Crippen molar-refractivity contribution in [2.75, 3.05) is 19.7 Å². The maximum Gasteiger partial charge on any atom is 0.0621 e. The van der Waals surface area contributed by atoms with Crippen LogP contribution in [0.3, 0.4) is 0 Å².